The number of nitrogens with zero attached hydrogens (tertiary/aromatic N) is 3. The number of benzene rings is 1. The van der Waals surface area contributed by atoms with Gasteiger partial charge in [0.1, 0.15) is 0 Å². The van der Waals surface area contributed by atoms with E-state index in [0.29, 0.717) is 13.1 Å². The summed E-state index contributed by atoms with van der Waals surface area (Å²) in [5, 5.41) is 4.04. The molecule has 1 aromatic rings. The summed E-state index contributed by atoms with van der Waals surface area (Å²) >= 11 is 6.14. The number of sulfonamides is 1. The molecule has 0 atom stereocenters. The minimum atomic E-state index is -3.18. The van der Waals surface area contributed by atoms with E-state index in [1.54, 1.807) is 0 Å². The number of nitrogens with one attached hydrogen (secondary N) is 2. The summed E-state index contributed by atoms with van der Waals surface area (Å²) in [4.78, 5) is 9.08. The summed E-state index contributed by atoms with van der Waals surface area (Å²) < 4.78 is 24.7. The first kappa shape index (κ1) is 20.8. The molecule has 26 heavy (non-hydrogen) atoms. The summed E-state index contributed by atoms with van der Waals surface area (Å²) in [6.45, 7) is 9.05. The lowest BCUT2D eigenvalue weighted by atomic mass is 10.1. The Labute approximate surface area is 161 Å². The van der Waals surface area contributed by atoms with Gasteiger partial charge >= 0.3 is 0 Å². The first-order valence-electron chi connectivity index (χ1n) is 8.79. The van der Waals surface area contributed by atoms with Crippen LogP contribution in [0.2, 0.25) is 5.02 Å². The standard InChI is InChI=1S/C17H28ClN5O2S/c1-4-19-17(20-7-8-21-26(3,24)25)23-11-9-22(10-12-23)16-13-15(18)6-5-14(16)2/h5-6,13,21H,4,7-12H2,1-3H3,(H,19,20). The van der Waals surface area contributed by atoms with Crippen molar-refractivity contribution < 1.29 is 8.42 Å². The normalized spacial score (nSPS) is 16.1. The second-order valence-electron chi connectivity index (χ2n) is 6.31. The van der Waals surface area contributed by atoms with Crippen LogP contribution in [-0.2, 0) is 10.0 Å². The summed E-state index contributed by atoms with van der Waals surface area (Å²) in [6, 6.07) is 5.98. The average molecular weight is 402 g/mol. The molecule has 2 rings (SSSR count). The van der Waals surface area contributed by atoms with Gasteiger partial charge in [0.15, 0.2) is 5.96 Å². The molecule has 0 saturated carbocycles. The molecule has 0 aliphatic carbocycles. The quantitative estimate of drug-likeness (QED) is 0.426. The lowest BCUT2D eigenvalue weighted by Crippen LogP contribution is -2.52. The van der Waals surface area contributed by atoms with Gasteiger partial charge in [0.25, 0.3) is 0 Å². The van der Waals surface area contributed by atoms with E-state index in [-0.39, 0.29) is 0 Å². The van der Waals surface area contributed by atoms with Crippen LogP contribution < -0.4 is 14.9 Å². The van der Waals surface area contributed by atoms with Gasteiger partial charge in [-0.2, -0.15) is 0 Å². The zero-order valence-corrected chi connectivity index (χ0v) is 17.2. The van der Waals surface area contributed by atoms with Crippen LogP contribution >= 0.6 is 11.6 Å². The molecule has 1 aliphatic rings. The third kappa shape index (κ3) is 6.34. The third-order valence-corrected chi connectivity index (χ3v) is 5.13. The van der Waals surface area contributed by atoms with Crippen molar-refractivity contribution in [2.24, 2.45) is 4.99 Å². The van der Waals surface area contributed by atoms with E-state index < -0.39 is 10.0 Å². The fourth-order valence-electron chi connectivity index (χ4n) is 2.90. The minimum absolute atomic E-state index is 0.301. The monoisotopic (exact) mass is 401 g/mol. The molecule has 1 fully saturated rings. The maximum Gasteiger partial charge on any atom is 0.208 e. The van der Waals surface area contributed by atoms with Crippen LogP contribution in [0.5, 0.6) is 0 Å². The summed E-state index contributed by atoms with van der Waals surface area (Å²) in [7, 11) is -3.18. The molecule has 146 valence electrons. The molecule has 1 aliphatic heterocycles. The number of hydrogen-bond acceptors (Lipinski definition) is 4. The van der Waals surface area contributed by atoms with Gasteiger partial charge in [-0.05, 0) is 31.5 Å². The van der Waals surface area contributed by atoms with Gasteiger partial charge in [-0.15, -0.1) is 0 Å². The van der Waals surface area contributed by atoms with Crippen LogP contribution in [0.4, 0.5) is 5.69 Å². The molecule has 0 aromatic heterocycles. The third-order valence-electron chi connectivity index (χ3n) is 4.16. The topological polar surface area (TPSA) is 77.0 Å². The number of aliphatic imine (C=N–C) groups is 1. The molecule has 0 spiro atoms. The van der Waals surface area contributed by atoms with Crippen LogP contribution in [0.15, 0.2) is 23.2 Å². The van der Waals surface area contributed by atoms with Gasteiger partial charge in [0.2, 0.25) is 10.0 Å². The summed E-state index contributed by atoms with van der Waals surface area (Å²) in [5.41, 5.74) is 2.40. The summed E-state index contributed by atoms with van der Waals surface area (Å²) in [5.74, 6) is 0.824. The van der Waals surface area contributed by atoms with E-state index in [2.05, 4.69) is 31.8 Å². The van der Waals surface area contributed by atoms with Crippen LogP contribution in [0.1, 0.15) is 12.5 Å². The lowest BCUT2D eigenvalue weighted by Gasteiger charge is -2.38. The molecule has 1 saturated heterocycles. The van der Waals surface area contributed by atoms with Gasteiger partial charge in [0, 0.05) is 50.0 Å². The summed E-state index contributed by atoms with van der Waals surface area (Å²) in [6.07, 6.45) is 1.15. The van der Waals surface area contributed by atoms with Crippen molar-refractivity contribution in [3.63, 3.8) is 0 Å². The maximum atomic E-state index is 11.1. The smallest absolute Gasteiger partial charge is 0.208 e. The highest BCUT2D eigenvalue weighted by molar-refractivity contribution is 7.88. The Morgan fingerprint density at radius 1 is 1.27 bits per heavy atom. The van der Waals surface area contributed by atoms with Crippen LogP contribution in [-0.4, -0.2) is 71.3 Å². The number of anilines is 1. The van der Waals surface area contributed by atoms with Crippen LogP contribution in [0.25, 0.3) is 0 Å². The van der Waals surface area contributed by atoms with Crippen molar-refractivity contribution in [3.8, 4) is 0 Å². The molecule has 0 unspecified atom stereocenters. The SMILES string of the molecule is CCNC(=NCCNS(C)(=O)=O)N1CCN(c2cc(Cl)ccc2C)CC1. The predicted octanol–water partition coefficient (Wildman–Crippen LogP) is 1.29. The lowest BCUT2D eigenvalue weighted by molar-refractivity contribution is 0.372. The average Bonchev–Trinajstić information content (AvgIpc) is 2.59. The van der Waals surface area contributed by atoms with E-state index in [1.165, 1.54) is 11.3 Å². The van der Waals surface area contributed by atoms with Gasteiger partial charge < -0.3 is 15.1 Å². The van der Waals surface area contributed by atoms with E-state index in [4.69, 9.17) is 11.6 Å². The molecule has 0 amide bonds. The molecule has 0 bridgehead atoms. The minimum Gasteiger partial charge on any atom is -0.368 e. The van der Waals surface area contributed by atoms with Gasteiger partial charge in [-0.3, -0.25) is 4.99 Å². The van der Waals surface area contributed by atoms with E-state index in [0.717, 1.165) is 50.0 Å². The van der Waals surface area contributed by atoms with Gasteiger partial charge in [-0.25, -0.2) is 13.1 Å². The van der Waals surface area contributed by atoms with E-state index in [9.17, 15) is 8.42 Å². The van der Waals surface area contributed by atoms with Crippen molar-refractivity contribution in [1.82, 2.24) is 14.9 Å². The van der Waals surface area contributed by atoms with E-state index in [1.807, 2.05) is 25.1 Å². The number of hydrogen-bond donors (Lipinski definition) is 2. The Morgan fingerprint density at radius 3 is 2.58 bits per heavy atom. The second kappa shape index (κ2) is 9.43. The number of guanidine groups is 1. The number of halogens is 1. The van der Waals surface area contributed by atoms with Gasteiger partial charge in [-0.1, -0.05) is 17.7 Å². The molecule has 9 heteroatoms. The predicted molar refractivity (Wildman–Crippen MR) is 109 cm³/mol. The van der Waals surface area contributed by atoms with Crippen molar-refractivity contribution >= 4 is 33.3 Å². The Balaban J connectivity index is 1.95. The Bertz CT molecular complexity index is 731. The number of rotatable bonds is 6. The highest BCUT2D eigenvalue weighted by Gasteiger charge is 2.20. The van der Waals surface area contributed by atoms with Crippen molar-refractivity contribution in [2.75, 3.05) is 57.0 Å². The Kier molecular flexibility index (Phi) is 7.55. The molecule has 1 heterocycles. The zero-order valence-electron chi connectivity index (χ0n) is 15.6. The fourth-order valence-corrected chi connectivity index (χ4v) is 3.53. The first-order valence-corrected chi connectivity index (χ1v) is 11.1. The zero-order chi connectivity index (χ0) is 19.2. The molecule has 1 aromatic carbocycles. The van der Waals surface area contributed by atoms with Crippen molar-refractivity contribution in [3.05, 3.63) is 28.8 Å². The molecular formula is C17H28ClN5O2S. The first-order chi connectivity index (χ1) is 12.3. The Morgan fingerprint density at radius 2 is 1.96 bits per heavy atom. The Hall–Kier alpha value is -1.51. The van der Waals surface area contributed by atoms with Crippen LogP contribution in [0.3, 0.4) is 0 Å². The number of aryl methyl sites for hydroxylation is 1. The van der Waals surface area contributed by atoms with Crippen molar-refractivity contribution in [2.45, 2.75) is 13.8 Å². The highest BCUT2D eigenvalue weighted by Crippen LogP contribution is 2.25. The van der Waals surface area contributed by atoms with Gasteiger partial charge in [0.05, 0.1) is 12.8 Å². The molecule has 7 nitrogen and oxygen atoms in total. The molecule has 0 radical (unpaired) electrons. The maximum absolute atomic E-state index is 11.1. The second-order valence-corrected chi connectivity index (χ2v) is 8.58. The highest BCUT2D eigenvalue weighted by atomic mass is 35.5. The largest absolute Gasteiger partial charge is 0.368 e. The fraction of sp³-hybridized carbons (Fsp3) is 0.588. The molecule has 2 N–H and O–H groups in total. The molecular weight excluding hydrogens is 374 g/mol. The van der Waals surface area contributed by atoms with E-state index >= 15 is 0 Å². The number of piperazine rings is 1. The van der Waals surface area contributed by atoms with Crippen LogP contribution in [0, 0.1) is 6.92 Å². The van der Waals surface area contributed by atoms with Crippen molar-refractivity contribution in [1.29, 1.82) is 0 Å².